The third-order valence-corrected chi connectivity index (χ3v) is 9.03. The van der Waals surface area contributed by atoms with Gasteiger partial charge >= 0.3 is 0 Å². The van der Waals surface area contributed by atoms with Crippen LogP contribution in [0.2, 0.25) is 0 Å². The maximum Gasteiger partial charge on any atom is 0.243 e. The molecular weight excluding hydrogens is 468 g/mol. The molecule has 2 N–H and O–H groups in total. The molecule has 0 aliphatic carbocycles. The molecule has 1 atom stereocenters. The Morgan fingerprint density at radius 3 is 1.58 bits per heavy atom. The summed E-state index contributed by atoms with van der Waals surface area (Å²) in [5.41, 5.74) is 0.963. The lowest BCUT2D eigenvalue weighted by atomic mass is 10.3. The number of piperazine rings is 1. The predicted octanol–water partition coefficient (Wildman–Crippen LogP) is 1.69. The Morgan fingerprint density at radius 2 is 1.18 bits per heavy atom. The van der Waals surface area contributed by atoms with E-state index in [9.17, 15) is 26.4 Å². The normalized spacial score (nSPS) is 18.0. The van der Waals surface area contributed by atoms with E-state index in [0.717, 1.165) is 0 Å². The topological polar surface area (TPSA) is 133 Å². The van der Waals surface area contributed by atoms with Crippen molar-refractivity contribution >= 4 is 43.2 Å². The van der Waals surface area contributed by atoms with E-state index < -0.39 is 26.1 Å². The number of amides is 2. The molecule has 0 spiro atoms. The zero-order valence-electron chi connectivity index (χ0n) is 18.5. The smallest absolute Gasteiger partial charge is 0.243 e. The maximum absolute atomic E-state index is 13.1. The highest BCUT2D eigenvalue weighted by atomic mass is 32.2. The highest BCUT2D eigenvalue weighted by molar-refractivity contribution is 7.89. The van der Waals surface area contributed by atoms with E-state index in [2.05, 4.69) is 10.6 Å². The monoisotopic (exact) mass is 494 g/mol. The van der Waals surface area contributed by atoms with Crippen molar-refractivity contribution in [2.45, 2.75) is 36.6 Å². The van der Waals surface area contributed by atoms with Crippen molar-refractivity contribution < 1.29 is 26.4 Å². The minimum absolute atomic E-state index is 0.000152. The average Bonchev–Trinajstić information content (AvgIpc) is 2.73. The number of nitrogens with one attached hydrogen (secondary N) is 2. The highest BCUT2D eigenvalue weighted by Gasteiger charge is 2.38. The summed E-state index contributed by atoms with van der Waals surface area (Å²) >= 11 is 0. The molecule has 33 heavy (non-hydrogen) atoms. The van der Waals surface area contributed by atoms with Gasteiger partial charge in [-0.05, 0) is 55.5 Å². The van der Waals surface area contributed by atoms with Gasteiger partial charge in [-0.1, -0.05) is 0 Å². The average molecular weight is 495 g/mol. The first-order valence-corrected chi connectivity index (χ1v) is 13.1. The molecule has 178 valence electrons. The van der Waals surface area contributed by atoms with Crippen LogP contribution in [-0.2, 0) is 29.6 Å². The van der Waals surface area contributed by atoms with Crippen molar-refractivity contribution in [3.63, 3.8) is 0 Å². The first-order valence-electron chi connectivity index (χ1n) is 10.2. The Hall–Kier alpha value is -2.80. The van der Waals surface area contributed by atoms with Crippen molar-refractivity contribution in [2.75, 3.05) is 30.3 Å². The van der Waals surface area contributed by atoms with Crippen LogP contribution in [0.3, 0.4) is 0 Å². The maximum atomic E-state index is 13.1. The molecule has 10 nitrogen and oxygen atoms in total. The second kappa shape index (κ2) is 9.59. The molecule has 2 amide bonds. The number of benzene rings is 2. The zero-order valence-corrected chi connectivity index (χ0v) is 20.1. The summed E-state index contributed by atoms with van der Waals surface area (Å²) in [5, 5.41) is 5.16. The first kappa shape index (κ1) is 24.8. The molecule has 0 saturated carbocycles. The summed E-state index contributed by atoms with van der Waals surface area (Å²) in [6.45, 7) is 4.38. The molecule has 0 unspecified atom stereocenters. The quantitative estimate of drug-likeness (QED) is 0.628. The molecule has 1 saturated heterocycles. The van der Waals surface area contributed by atoms with Gasteiger partial charge < -0.3 is 10.6 Å². The van der Waals surface area contributed by atoms with Gasteiger partial charge in [-0.2, -0.15) is 8.61 Å². The standard InChI is InChI=1S/C21H26N4O6S2/c1-15-14-24(32(28,29)20-8-4-18(5-9-20)22-16(2)26)12-13-25(15)33(30,31)21-10-6-19(7-11-21)23-17(3)27/h4-11,15H,12-14H2,1-3H3,(H,22,26)(H,23,27)/t15-/m1/s1. The molecule has 0 aromatic heterocycles. The number of nitrogens with zero attached hydrogens (tertiary/aromatic N) is 2. The van der Waals surface area contributed by atoms with Gasteiger partial charge in [0, 0.05) is 50.9 Å². The van der Waals surface area contributed by atoms with Crippen LogP contribution >= 0.6 is 0 Å². The lowest BCUT2D eigenvalue weighted by molar-refractivity contribution is -0.115. The van der Waals surface area contributed by atoms with E-state index >= 15 is 0 Å². The fourth-order valence-corrected chi connectivity index (χ4v) is 6.72. The summed E-state index contributed by atoms with van der Waals surface area (Å²) in [6, 6.07) is 11.1. The molecule has 0 radical (unpaired) electrons. The minimum Gasteiger partial charge on any atom is -0.326 e. The van der Waals surface area contributed by atoms with Crippen LogP contribution in [0.4, 0.5) is 11.4 Å². The molecule has 1 heterocycles. The van der Waals surface area contributed by atoms with Crippen LogP contribution in [0.1, 0.15) is 20.8 Å². The van der Waals surface area contributed by atoms with Crippen LogP contribution in [0, 0.1) is 0 Å². The summed E-state index contributed by atoms with van der Waals surface area (Å²) in [7, 11) is -7.68. The van der Waals surface area contributed by atoms with E-state index in [4.69, 9.17) is 0 Å². The van der Waals surface area contributed by atoms with Gasteiger partial charge in [0.25, 0.3) is 0 Å². The van der Waals surface area contributed by atoms with Crippen molar-refractivity contribution in [2.24, 2.45) is 0 Å². The van der Waals surface area contributed by atoms with Gasteiger partial charge in [0.2, 0.25) is 31.9 Å². The molecule has 1 aliphatic rings. The number of rotatable bonds is 6. The Morgan fingerprint density at radius 1 is 0.758 bits per heavy atom. The summed E-state index contributed by atoms with van der Waals surface area (Å²) in [4.78, 5) is 22.4. The third kappa shape index (κ3) is 5.58. The Kier molecular flexibility index (Phi) is 7.22. The van der Waals surface area contributed by atoms with Crippen LogP contribution in [-0.4, -0.2) is 62.9 Å². The van der Waals surface area contributed by atoms with E-state index in [1.165, 1.54) is 71.0 Å². The number of sulfonamides is 2. The lowest BCUT2D eigenvalue weighted by Gasteiger charge is -2.38. The number of hydrogen-bond donors (Lipinski definition) is 2. The van der Waals surface area contributed by atoms with Gasteiger partial charge in [-0.3, -0.25) is 9.59 Å². The highest BCUT2D eigenvalue weighted by Crippen LogP contribution is 2.26. The molecule has 1 aliphatic heterocycles. The largest absolute Gasteiger partial charge is 0.326 e. The van der Waals surface area contributed by atoms with Gasteiger partial charge in [0.15, 0.2) is 0 Å². The van der Waals surface area contributed by atoms with E-state index in [-0.39, 0.29) is 41.2 Å². The molecule has 3 rings (SSSR count). The zero-order chi connectivity index (χ0) is 24.4. The Balaban J connectivity index is 1.74. The summed E-state index contributed by atoms with van der Waals surface area (Å²) < 4.78 is 54.9. The van der Waals surface area contributed by atoms with E-state index in [1.807, 2.05) is 0 Å². The van der Waals surface area contributed by atoms with Crippen LogP contribution < -0.4 is 10.6 Å². The van der Waals surface area contributed by atoms with Crippen molar-refractivity contribution in [1.82, 2.24) is 8.61 Å². The molecule has 2 aromatic carbocycles. The molecule has 2 aromatic rings. The number of hydrogen-bond acceptors (Lipinski definition) is 6. The second-order valence-corrected chi connectivity index (χ2v) is 11.6. The summed E-state index contributed by atoms with van der Waals surface area (Å²) in [5.74, 6) is -0.525. The minimum atomic E-state index is -3.85. The summed E-state index contributed by atoms with van der Waals surface area (Å²) in [6.07, 6.45) is 0. The fourth-order valence-electron chi connectivity index (χ4n) is 3.59. The number of carbonyl (C=O) groups is 2. The molecule has 1 fully saturated rings. The Bertz CT molecular complexity index is 1240. The fraction of sp³-hybridized carbons (Fsp3) is 0.333. The second-order valence-electron chi connectivity index (χ2n) is 7.74. The lowest BCUT2D eigenvalue weighted by Crippen LogP contribution is -2.55. The number of carbonyl (C=O) groups excluding carboxylic acids is 2. The SMILES string of the molecule is CC(=O)Nc1ccc(S(=O)(=O)N2CCN(S(=O)(=O)c3ccc(NC(C)=O)cc3)[C@H](C)C2)cc1. The van der Waals surface area contributed by atoms with Crippen LogP contribution in [0.15, 0.2) is 58.3 Å². The third-order valence-electron chi connectivity index (χ3n) is 5.12. The van der Waals surface area contributed by atoms with Crippen molar-refractivity contribution in [1.29, 1.82) is 0 Å². The van der Waals surface area contributed by atoms with Gasteiger partial charge in [0.1, 0.15) is 0 Å². The number of anilines is 2. The Labute approximate surface area is 193 Å². The molecule has 0 bridgehead atoms. The van der Waals surface area contributed by atoms with Crippen LogP contribution in [0.25, 0.3) is 0 Å². The van der Waals surface area contributed by atoms with E-state index in [1.54, 1.807) is 6.92 Å². The van der Waals surface area contributed by atoms with Crippen molar-refractivity contribution in [3.8, 4) is 0 Å². The van der Waals surface area contributed by atoms with Gasteiger partial charge in [-0.15, -0.1) is 0 Å². The van der Waals surface area contributed by atoms with E-state index in [0.29, 0.717) is 11.4 Å². The van der Waals surface area contributed by atoms with Gasteiger partial charge in [0.05, 0.1) is 9.79 Å². The van der Waals surface area contributed by atoms with Crippen molar-refractivity contribution in [3.05, 3.63) is 48.5 Å². The first-order chi connectivity index (χ1) is 15.4. The van der Waals surface area contributed by atoms with Gasteiger partial charge in [-0.25, -0.2) is 16.8 Å². The molecular formula is C21H26N4O6S2. The van der Waals surface area contributed by atoms with Crippen LogP contribution in [0.5, 0.6) is 0 Å². The predicted molar refractivity (Wildman–Crippen MR) is 124 cm³/mol. The molecule has 12 heteroatoms.